The van der Waals surface area contributed by atoms with E-state index in [1.807, 2.05) is 30.3 Å². The summed E-state index contributed by atoms with van der Waals surface area (Å²) in [6, 6.07) is 9.37. The molecule has 0 radical (unpaired) electrons. The van der Waals surface area contributed by atoms with Crippen LogP contribution in [-0.2, 0) is 4.79 Å². The summed E-state index contributed by atoms with van der Waals surface area (Å²) in [5.74, 6) is 1.35. The molecule has 68 valence electrons. The minimum Gasteiger partial charge on any atom is -0.462 e. The van der Waals surface area contributed by atoms with E-state index in [9.17, 15) is 4.79 Å². The fourth-order valence-corrected chi connectivity index (χ4v) is 0.990. The molecule has 0 aliphatic heterocycles. The van der Waals surface area contributed by atoms with Gasteiger partial charge in [0.2, 0.25) is 0 Å². The summed E-state index contributed by atoms with van der Waals surface area (Å²) in [6.07, 6.45) is 1.47. The van der Waals surface area contributed by atoms with Crippen LogP contribution in [0.5, 0.6) is 5.75 Å². The van der Waals surface area contributed by atoms with Crippen LogP contribution in [0.3, 0.4) is 0 Å². The highest BCUT2D eigenvalue weighted by Gasteiger charge is 1.94. The molecule has 0 heterocycles. The zero-order chi connectivity index (χ0) is 9.68. The number of carbonyl (C=O) groups is 1. The van der Waals surface area contributed by atoms with Crippen LogP contribution in [0.15, 0.2) is 42.2 Å². The first-order valence-electron chi connectivity index (χ1n) is 4.10. The Morgan fingerprint density at radius 1 is 1.23 bits per heavy atom. The van der Waals surface area contributed by atoms with Crippen LogP contribution in [-0.4, -0.2) is 5.78 Å². The lowest BCUT2D eigenvalue weighted by molar-refractivity contribution is -0.112. The number of carbonyl (C=O) groups excluding carboxylic acids is 1. The van der Waals surface area contributed by atoms with Crippen LogP contribution < -0.4 is 4.74 Å². The quantitative estimate of drug-likeness (QED) is 0.522. The summed E-state index contributed by atoms with van der Waals surface area (Å²) in [5, 5.41) is 0. The number of hydrogen-bond donors (Lipinski definition) is 0. The van der Waals surface area contributed by atoms with Gasteiger partial charge in [-0.2, -0.15) is 0 Å². The Morgan fingerprint density at radius 3 is 2.38 bits per heavy atom. The molecule has 0 aromatic heterocycles. The first-order chi connectivity index (χ1) is 6.18. The van der Waals surface area contributed by atoms with Crippen molar-refractivity contribution < 1.29 is 9.53 Å². The third-order valence-corrected chi connectivity index (χ3v) is 1.43. The Labute approximate surface area is 77.8 Å². The highest BCUT2D eigenvalue weighted by atomic mass is 16.5. The molecule has 0 aliphatic rings. The van der Waals surface area contributed by atoms with E-state index in [4.69, 9.17) is 4.74 Å². The molecule has 1 rings (SSSR count). The number of ether oxygens (including phenoxy) is 1. The zero-order valence-corrected chi connectivity index (χ0v) is 7.78. The molecule has 0 saturated heterocycles. The Kier molecular flexibility index (Phi) is 3.26. The van der Waals surface area contributed by atoms with Gasteiger partial charge in [0, 0.05) is 6.08 Å². The van der Waals surface area contributed by atoms with E-state index in [-0.39, 0.29) is 5.78 Å². The van der Waals surface area contributed by atoms with Gasteiger partial charge < -0.3 is 4.74 Å². The SMILES string of the molecule is CC(=O)/C=C(\C)Oc1ccccc1. The second kappa shape index (κ2) is 4.45. The number of para-hydroxylation sites is 1. The fourth-order valence-electron chi connectivity index (χ4n) is 0.990. The van der Waals surface area contributed by atoms with E-state index in [1.54, 1.807) is 6.92 Å². The van der Waals surface area contributed by atoms with Crippen molar-refractivity contribution in [3.05, 3.63) is 42.2 Å². The van der Waals surface area contributed by atoms with Gasteiger partial charge in [0.15, 0.2) is 5.78 Å². The molecule has 0 fully saturated rings. The molecule has 2 heteroatoms. The molecular weight excluding hydrogens is 164 g/mol. The maximum absolute atomic E-state index is 10.7. The van der Waals surface area contributed by atoms with Gasteiger partial charge in [-0.15, -0.1) is 0 Å². The van der Waals surface area contributed by atoms with Crippen molar-refractivity contribution in [3.63, 3.8) is 0 Å². The molecule has 1 aromatic rings. The predicted octanol–water partition coefficient (Wildman–Crippen LogP) is 2.56. The van der Waals surface area contributed by atoms with Crippen LogP contribution in [0.1, 0.15) is 13.8 Å². The van der Waals surface area contributed by atoms with Crippen LogP contribution in [0.25, 0.3) is 0 Å². The first-order valence-corrected chi connectivity index (χ1v) is 4.10. The predicted molar refractivity (Wildman–Crippen MR) is 51.5 cm³/mol. The van der Waals surface area contributed by atoms with Gasteiger partial charge in [-0.1, -0.05) is 18.2 Å². The van der Waals surface area contributed by atoms with Gasteiger partial charge in [-0.05, 0) is 26.0 Å². The third kappa shape index (κ3) is 3.56. The Balaban J connectivity index is 2.65. The highest BCUT2D eigenvalue weighted by molar-refractivity contribution is 5.87. The minimum absolute atomic E-state index is 0.00608. The maximum Gasteiger partial charge on any atom is 0.155 e. The zero-order valence-electron chi connectivity index (χ0n) is 7.78. The van der Waals surface area contributed by atoms with Gasteiger partial charge in [0.1, 0.15) is 11.5 Å². The summed E-state index contributed by atoms with van der Waals surface area (Å²) in [6.45, 7) is 3.26. The van der Waals surface area contributed by atoms with E-state index >= 15 is 0 Å². The number of hydrogen-bond acceptors (Lipinski definition) is 2. The minimum atomic E-state index is -0.00608. The molecule has 0 amide bonds. The molecular formula is C11H12O2. The Hall–Kier alpha value is -1.57. The van der Waals surface area contributed by atoms with E-state index in [2.05, 4.69) is 0 Å². The lowest BCUT2D eigenvalue weighted by Gasteiger charge is -2.03. The molecule has 0 saturated carbocycles. The third-order valence-electron chi connectivity index (χ3n) is 1.43. The Morgan fingerprint density at radius 2 is 1.85 bits per heavy atom. The van der Waals surface area contributed by atoms with Crippen LogP contribution in [0.4, 0.5) is 0 Å². The molecule has 0 N–H and O–H groups in total. The van der Waals surface area contributed by atoms with Crippen molar-refractivity contribution in [1.82, 2.24) is 0 Å². The van der Waals surface area contributed by atoms with Crippen molar-refractivity contribution in [2.24, 2.45) is 0 Å². The lowest BCUT2D eigenvalue weighted by Crippen LogP contribution is -1.93. The molecule has 1 aromatic carbocycles. The normalized spacial score (nSPS) is 11.1. The van der Waals surface area contributed by atoms with Gasteiger partial charge in [-0.3, -0.25) is 4.79 Å². The largest absolute Gasteiger partial charge is 0.462 e. The summed E-state index contributed by atoms with van der Waals surface area (Å²) >= 11 is 0. The van der Waals surface area contributed by atoms with Crippen LogP contribution in [0, 0.1) is 0 Å². The number of benzene rings is 1. The Bertz CT molecular complexity index is 312. The summed E-state index contributed by atoms with van der Waals surface area (Å²) in [5.41, 5.74) is 0. The molecule has 2 nitrogen and oxygen atoms in total. The van der Waals surface area contributed by atoms with E-state index in [0.29, 0.717) is 5.76 Å². The average Bonchev–Trinajstić information content (AvgIpc) is 2.04. The fraction of sp³-hybridized carbons (Fsp3) is 0.182. The number of allylic oxidation sites excluding steroid dienone is 2. The standard InChI is InChI=1S/C11H12O2/c1-9(12)8-10(2)13-11-6-4-3-5-7-11/h3-8H,1-2H3/b10-8+. The molecule has 13 heavy (non-hydrogen) atoms. The first kappa shape index (κ1) is 9.52. The molecule has 0 spiro atoms. The molecule has 0 bridgehead atoms. The topological polar surface area (TPSA) is 26.3 Å². The average molecular weight is 176 g/mol. The van der Waals surface area contributed by atoms with E-state index in [0.717, 1.165) is 5.75 Å². The summed E-state index contributed by atoms with van der Waals surface area (Å²) in [7, 11) is 0. The van der Waals surface area contributed by atoms with Crippen molar-refractivity contribution in [1.29, 1.82) is 0 Å². The van der Waals surface area contributed by atoms with Gasteiger partial charge in [0.25, 0.3) is 0 Å². The molecule has 0 unspecified atom stereocenters. The van der Waals surface area contributed by atoms with Gasteiger partial charge in [-0.25, -0.2) is 0 Å². The van der Waals surface area contributed by atoms with Crippen molar-refractivity contribution >= 4 is 5.78 Å². The van der Waals surface area contributed by atoms with Crippen LogP contribution in [0.2, 0.25) is 0 Å². The van der Waals surface area contributed by atoms with Gasteiger partial charge >= 0.3 is 0 Å². The van der Waals surface area contributed by atoms with E-state index < -0.39 is 0 Å². The monoisotopic (exact) mass is 176 g/mol. The number of rotatable bonds is 3. The van der Waals surface area contributed by atoms with Crippen molar-refractivity contribution in [2.45, 2.75) is 13.8 Å². The smallest absolute Gasteiger partial charge is 0.155 e. The second-order valence-electron chi connectivity index (χ2n) is 2.78. The van der Waals surface area contributed by atoms with E-state index in [1.165, 1.54) is 13.0 Å². The second-order valence-corrected chi connectivity index (χ2v) is 2.78. The summed E-state index contributed by atoms with van der Waals surface area (Å²) < 4.78 is 5.37. The van der Waals surface area contributed by atoms with Crippen LogP contribution >= 0.6 is 0 Å². The number of ketones is 1. The molecule has 0 aliphatic carbocycles. The van der Waals surface area contributed by atoms with Crippen molar-refractivity contribution in [3.8, 4) is 5.75 Å². The molecule has 0 atom stereocenters. The summed E-state index contributed by atoms with van der Waals surface area (Å²) in [4.78, 5) is 10.7. The lowest BCUT2D eigenvalue weighted by atomic mass is 10.3. The van der Waals surface area contributed by atoms with Gasteiger partial charge in [0.05, 0.1) is 0 Å². The van der Waals surface area contributed by atoms with Crippen molar-refractivity contribution in [2.75, 3.05) is 0 Å². The maximum atomic E-state index is 10.7. The highest BCUT2D eigenvalue weighted by Crippen LogP contribution is 2.11.